The van der Waals surface area contributed by atoms with Gasteiger partial charge in [0.25, 0.3) is 0 Å². The first kappa shape index (κ1) is 20.2. The van der Waals surface area contributed by atoms with E-state index in [0.29, 0.717) is 0 Å². The molecule has 0 unspecified atom stereocenters. The molecule has 0 radical (unpaired) electrons. The summed E-state index contributed by atoms with van der Waals surface area (Å²) in [6.45, 7) is 4.24. The zero-order valence-electron chi connectivity index (χ0n) is 17.4. The van der Waals surface area contributed by atoms with Gasteiger partial charge >= 0.3 is 0 Å². The van der Waals surface area contributed by atoms with Crippen LogP contribution in [-0.4, -0.2) is 25.7 Å². The molecule has 0 amide bonds. The maximum atomic E-state index is 4.85. The molecule has 4 aromatic rings. The predicted molar refractivity (Wildman–Crippen MR) is 135 cm³/mol. The summed E-state index contributed by atoms with van der Waals surface area (Å²) in [6, 6.07) is 24.8. The topological polar surface area (TPSA) is 50.5 Å². The first-order valence-electron chi connectivity index (χ1n) is 10.2. The van der Waals surface area contributed by atoms with Gasteiger partial charge in [-0.05, 0) is 38.1 Å². The highest BCUT2D eigenvalue weighted by atomic mass is 32.2. The Balaban J connectivity index is 1.25. The minimum atomic E-state index is -0.305. The third kappa shape index (κ3) is 4.50. The molecule has 2 aromatic heterocycles. The van der Waals surface area contributed by atoms with Crippen LogP contribution in [0.2, 0.25) is 0 Å². The highest BCUT2D eigenvalue weighted by Crippen LogP contribution is 2.32. The molecule has 1 aliphatic rings. The number of hydrogen-bond acceptors (Lipinski definition) is 6. The van der Waals surface area contributed by atoms with E-state index in [0.717, 1.165) is 49.5 Å². The fourth-order valence-corrected chi connectivity index (χ4v) is 5.41. The number of nitrogens with zero attached hydrogens (tertiary/aromatic N) is 4. The lowest BCUT2D eigenvalue weighted by molar-refractivity contribution is 0.728. The van der Waals surface area contributed by atoms with Crippen molar-refractivity contribution in [1.29, 1.82) is 0 Å². The van der Waals surface area contributed by atoms with E-state index < -0.39 is 0 Å². The van der Waals surface area contributed by atoms with E-state index >= 15 is 0 Å². The summed E-state index contributed by atoms with van der Waals surface area (Å²) < 4.78 is 0. The number of para-hydroxylation sites is 2. The number of benzene rings is 2. The number of rotatable bonds is 4. The molecule has 5 rings (SSSR count). The summed E-state index contributed by atoms with van der Waals surface area (Å²) in [5.41, 5.74) is 3.85. The fourth-order valence-electron chi connectivity index (χ4n) is 3.47. The van der Waals surface area contributed by atoms with E-state index in [9.17, 15) is 0 Å². The predicted octanol–water partition coefficient (Wildman–Crippen LogP) is 6.50. The number of aromatic nitrogens is 2. The van der Waals surface area contributed by atoms with Gasteiger partial charge < -0.3 is 0 Å². The number of amidine groups is 1. The van der Waals surface area contributed by atoms with Crippen LogP contribution in [0, 0.1) is 0 Å². The Kier molecular flexibility index (Phi) is 5.50. The van der Waals surface area contributed by atoms with E-state index in [-0.39, 0.29) is 5.54 Å². The van der Waals surface area contributed by atoms with Gasteiger partial charge in [-0.2, -0.15) is 0 Å². The van der Waals surface area contributed by atoms with E-state index in [2.05, 4.69) is 56.3 Å². The standard InChI is InChI=1S/C25H22N4S2/c1-25(2)23(30-15-19-13-11-17-7-3-5-9-21(17)26-19)28-24(29-25)31-16-20-14-12-18-8-4-6-10-22(18)27-20/h3-14H,15-16H2,1-2H3. The summed E-state index contributed by atoms with van der Waals surface area (Å²) >= 11 is 3.37. The van der Waals surface area contributed by atoms with Gasteiger partial charge in [0.2, 0.25) is 0 Å². The van der Waals surface area contributed by atoms with Crippen LogP contribution >= 0.6 is 23.5 Å². The monoisotopic (exact) mass is 442 g/mol. The Bertz CT molecular complexity index is 1330. The molecular formula is C25H22N4S2. The number of aliphatic imine (C=N–C) groups is 2. The number of fused-ring (bicyclic) bond motifs is 2. The van der Waals surface area contributed by atoms with Gasteiger partial charge in [0, 0.05) is 22.3 Å². The van der Waals surface area contributed by atoms with Crippen molar-refractivity contribution in [2.24, 2.45) is 9.98 Å². The first-order chi connectivity index (χ1) is 15.1. The third-order valence-corrected chi connectivity index (χ3v) is 7.30. The second-order valence-electron chi connectivity index (χ2n) is 7.94. The largest absolute Gasteiger partial charge is 0.252 e. The maximum Gasteiger partial charge on any atom is 0.185 e. The zero-order chi connectivity index (χ0) is 21.3. The second kappa shape index (κ2) is 8.44. The second-order valence-corrected chi connectivity index (χ2v) is 9.84. The molecule has 2 aromatic carbocycles. The molecule has 0 saturated carbocycles. The van der Waals surface area contributed by atoms with Crippen molar-refractivity contribution >= 4 is 55.5 Å². The molecule has 154 valence electrons. The van der Waals surface area contributed by atoms with Gasteiger partial charge in [-0.3, -0.25) is 9.97 Å². The highest BCUT2D eigenvalue weighted by Gasteiger charge is 2.31. The number of thioether (sulfide) groups is 2. The van der Waals surface area contributed by atoms with Gasteiger partial charge in [-0.25, -0.2) is 9.98 Å². The van der Waals surface area contributed by atoms with E-state index in [1.165, 1.54) is 5.39 Å². The Morgan fingerprint density at radius 1 is 0.677 bits per heavy atom. The lowest BCUT2D eigenvalue weighted by atomic mass is 10.1. The molecule has 1 aliphatic heterocycles. The fraction of sp³-hybridized carbons (Fsp3) is 0.200. The minimum Gasteiger partial charge on any atom is -0.252 e. The molecule has 0 fully saturated rings. The van der Waals surface area contributed by atoms with Gasteiger partial charge in [0.05, 0.1) is 22.4 Å². The van der Waals surface area contributed by atoms with Crippen molar-refractivity contribution < 1.29 is 0 Å². The van der Waals surface area contributed by atoms with E-state index in [4.69, 9.17) is 20.0 Å². The Hall–Kier alpha value is -2.70. The van der Waals surface area contributed by atoms with Crippen LogP contribution in [-0.2, 0) is 11.5 Å². The van der Waals surface area contributed by atoms with Crippen molar-refractivity contribution in [3.05, 3.63) is 84.2 Å². The van der Waals surface area contributed by atoms with Crippen LogP contribution in [0.4, 0.5) is 0 Å². The molecule has 0 N–H and O–H groups in total. The molecule has 4 nitrogen and oxygen atoms in total. The summed E-state index contributed by atoms with van der Waals surface area (Å²) in [6.07, 6.45) is 0. The molecule has 6 heteroatoms. The summed E-state index contributed by atoms with van der Waals surface area (Å²) in [5, 5.41) is 4.19. The molecule has 0 bridgehead atoms. The lowest BCUT2D eigenvalue weighted by Gasteiger charge is -2.16. The molecule has 0 aliphatic carbocycles. The molecular weight excluding hydrogens is 420 g/mol. The van der Waals surface area contributed by atoms with Crippen molar-refractivity contribution in [3.63, 3.8) is 0 Å². The Morgan fingerprint density at radius 3 is 1.84 bits per heavy atom. The van der Waals surface area contributed by atoms with Gasteiger partial charge in [-0.15, -0.1) is 11.8 Å². The minimum absolute atomic E-state index is 0.305. The maximum absolute atomic E-state index is 4.85. The van der Waals surface area contributed by atoms with Crippen LogP contribution < -0.4 is 0 Å². The third-order valence-electron chi connectivity index (χ3n) is 5.11. The summed E-state index contributed by atoms with van der Waals surface area (Å²) in [5.74, 6) is 1.54. The van der Waals surface area contributed by atoms with E-state index in [1.807, 2.05) is 30.3 Å². The van der Waals surface area contributed by atoms with Crippen molar-refractivity contribution in [1.82, 2.24) is 9.97 Å². The molecule has 0 saturated heterocycles. The van der Waals surface area contributed by atoms with Gasteiger partial charge in [-0.1, -0.05) is 60.3 Å². The first-order valence-corrected chi connectivity index (χ1v) is 12.2. The van der Waals surface area contributed by atoms with Crippen LogP contribution in [0.5, 0.6) is 0 Å². The molecule has 31 heavy (non-hydrogen) atoms. The molecule has 0 spiro atoms. The lowest BCUT2D eigenvalue weighted by Crippen LogP contribution is -2.23. The highest BCUT2D eigenvalue weighted by molar-refractivity contribution is 8.15. The van der Waals surface area contributed by atoms with Crippen molar-refractivity contribution in [3.8, 4) is 0 Å². The zero-order valence-corrected chi connectivity index (χ0v) is 19.1. The van der Waals surface area contributed by atoms with Crippen molar-refractivity contribution in [2.45, 2.75) is 30.9 Å². The SMILES string of the molecule is CC1(C)N=C(SCc2ccc3ccccc3n2)N=C1SCc1ccc2ccccc2n1. The number of pyridine rings is 2. The van der Waals surface area contributed by atoms with Crippen LogP contribution in [0.1, 0.15) is 25.2 Å². The van der Waals surface area contributed by atoms with Crippen molar-refractivity contribution in [2.75, 3.05) is 0 Å². The molecule has 3 heterocycles. The quantitative estimate of drug-likeness (QED) is 0.362. The Morgan fingerprint density at radius 2 is 1.23 bits per heavy atom. The smallest absolute Gasteiger partial charge is 0.185 e. The number of hydrogen-bond donors (Lipinski definition) is 0. The van der Waals surface area contributed by atoms with E-state index in [1.54, 1.807) is 23.5 Å². The van der Waals surface area contributed by atoms with Crippen LogP contribution in [0.15, 0.2) is 82.8 Å². The average Bonchev–Trinajstić information content (AvgIpc) is 3.09. The molecule has 0 atom stereocenters. The normalized spacial score (nSPS) is 15.3. The Labute approximate surface area is 190 Å². The van der Waals surface area contributed by atoms with Gasteiger partial charge in [0.1, 0.15) is 10.6 Å². The van der Waals surface area contributed by atoms with Crippen LogP contribution in [0.3, 0.4) is 0 Å². The average molecular weight is 443 g/mol. The summed E-state index contributed by atoms with van der Waals surface area (Å²) in [4.78, 5) is 19.2. The summed E-state index contributed by atoms with van der Waals surface area (Å²) in [7, 11) is 0. The van der Waals surface area contributed by atoms with Gasteiger partial charge in [0.15, 0.2) is 5.17 Å². The van der Waals surface area contributed by atoms with Crippen LogP contribution in [0.25, 0.3) is 21.8 Å².